The maximum absolute atomic E-state index is 12.1. The second-order valence-corrected chi connectivity index (χ2v) is 9.61. The zero-order chi connectivity index (χ0) is 17.5. The highest BCUT2D eigenvalue weighted by Gasteiger charge is 2.50. The third-order valence-electron chi connectivity index (χ3n) is 4.53. The van der Waals surface area contributed by atoms with Crippen molar-refractivity contribution in [3.8, 4) is 0 Å². The third kappa shape index (κ3) is 3.11. The van der Waals surface area contributed by atoms with Gasteiger partial charge in [-0.3, -0.25) is 4.79 Å². The highest BCUT2D eigenvalue weighted by molar-refractivity contribution is 8.16. The van der Waals surface area contributed by atoms with E-state index in [0.29, 0.717) is 11.6 Å². The molecule has 0 bridgehead atoms. The van der Waals surface area contributed by atoms with Crippen molar-refractivity contribution in [1.29, 1.82) is 0 Å². The number of aliphatic imine (C=N–C) groups is 1. The van der Waals surface area contributed by atoms with Crippen LogP contribution in [0.5, 0.6) is 0 Å². The fourth-order valence-corrected chi connectivity index (χ4v) is 7.28. The molecule has 0 saturated carbocycles. The van der Waals surface area contributed by atoms with Crippen molar-refractivity contribution in [1.82, 2.24) is 0 Å². The van der Waals surface area contributed by atoms with E-state index in [9.17, 15) is 13.2 Å². The Bertz CT molecular complexity index is 802. The number of para-hydroxylation sites is 1. The highest BCUT2D eigenvalue weighted by atomic mass is 32.2. The van der Waals surface area contributed by atoms with Gasteiger partial charge in [0.2, 0.25) is 5.91 Å². The van der Waals surface area contributed by atoms with Gasteiger partial charge in [0.25, 0.3) is 0 Å². The van der Waals surface area contributed by atoms with Crippen molar-refractivity contribution >= 4 is 38.4 Å². The third-order valence-corrected chi connectivity index (χ3v) is 7.74. The molecule has 0 N–H and O–H groups in total. The van der Waals surface area contributed by atoms with Gasteiger partial charge < -0.3 is 4.90 Å². The van der Waals surface area contributed by atoms with E-state index in [1.807, 2.05) is 24.0 Å². The van der Waals surface area contributed by atoms with Gasteiger partial charge in [0.15, 0.2) is 15.0 Å². The van der Waals surface area contributed by atoms with E-state index in [1.54, 1.807) is 6.92 Å². The van der Waals surface area contributed by atoms with Crippen LogP contribution in [0.15, 0.2) is 23.2 Å². The summed E-state index contributed by atoms with van der Waals surface area (Å²) in [4.78, 5) is 18.2. The summed E-state index contributed by atoms with van der Waals surface area (Å²) in [6, 6.07) is 5.95. The van der Waals surface area contributed by atoms with Crippen molar-refractivity contribution < 1.29 is 13.2 Å². The van der Waals surface area contributed by atoms with Gasteiger partial charge in [0.1, 0.15) is 0 Å². The SMILES string of the molecule is CCC(=O)N=C1SC2CS(=O)(=O)CC2N1c1c(C)cccc1CC. The van der Waals surface area contributed by atoms with Crippen molar-refractivity contribution in [2.45, 2.75) is 44.9 Å². The summed E-state index contributed by atoms with van der Waals surface area (Å²) in [5.41, 5.74) is 3.24. The fraction of sp³-hybridized carbons (Fsp3) is 0.529. The lowest BCUT2D eigenvalue weighted by Gasteiger charge is -2.28. The van der Waals surface area contributed by atoms with E-state index in [2.05, 4.69) is 18.0 Å². The second kappa shape index (κ2) is 6.52. The molecule has 5 nitrogen and oxygen atoms in total. The number of hydrogen-bond acceptors (Lipinski definition) is 4. The lowest BCUT2D eigenvalue weighted by Crippen LogP contribution is -2.38. The first-order valence-corrected chi connectivity index (χ1v) is 10.9. The minimum Gasteiger partial charge on any atom is -0.315 e. The zero-order valence-electron chi connectivity index (χ0n) is 14.2. The van der Waals surface area contributed by atoms with Crippen molar-refractivity contribution in [2.75, 3.05) is 16.4 Å². The Hall–Kier alpha value is -1.34. The summed E-state index contributed by atoms with van der Waals surface area (Å²) >= 11 is 1.43. The van der Waals surface area contributed by atoms with Crippen LogP contribution in [0, 0.1) is 6.92 Å². The topological polar surface area (TPSA) is 66.8 Å². The van der Waals surface area contributed by atoms with Gasteiger partial charge in [-0.1, -0.05) is 43.8 Å². The van der Waals surface area contributed by atoms with Gasteiger partial charge in [0, 0.05) is 17.4 Å². The van der Waals surface area contributed by atoms with E-state index >= 15 is 0 Å². The molecule has 1 amide bonds. The van der Waals surface area contributed by atoms with E-state index in [0.717, 1.165) is 23.2 Å². The summed E-state index contributed by atoms with van der Waals surface area (Å²) in [7, 11) is -3.04. The Kier molecular flexibility index (Phi) is 4.75. The molecule has 3 rings (SSSR count). The van der Waals surface area contributed by atoms with Crippen LogP contribution in [-0.4, -0.2) is 42.3 Å². The largest absolute Gasteiger partial charge is 0.315 e. The number of amidine groups is 1. The average molecular weight is 367 g/mol. The van der Waals surface area contributed by atoms with Crippen LogP contribution in [0.3, 0.4) is 0 Å². The normalized spacial score (nSPS) is 26.8. The number of carbonyl (C=O) groups excluding carboxylic acids is 1. The molecule has 2 heterocycles. The molecule has 2 fully saturated rings. The first-order valence-electron chi connectivity index (χ1n) is 8.22. The maximum atomic E-state index is 12.1. The number of carbonyl (C=O) groups is 1. The number of fused-ring (bicyclic) bond motifs is 1. The molecular formula is C17H22N2O3S2. The van der Waals surface area contributed by atoms with E-state index in [4.69, 9.17) is 0 Å². The number of anilines is 1. The van der Waals surface area contributed by atoms with Crippen LogP contribution < -0.4 is 4.90 Å². The number of sulfone groups is 1. The minimum atomic E-state index is -3.04. The Balaban J connectivity index is 2.12. The Morgan fingerprint density at radius 1 is 1.33 bits per heavy atom. The van der Waals surface area contributed by atoms with Gasteiger partial charge >= 0.3 is 0 Å². The Morgan fingerprint density at radius 3 is 2.75 bits per heavy atom. The fourth-order valence-electron chi connectivity index (χ4n) is 3.36. The number of thioether (sulfide) groups is 1. The number of aryl methyl sites for hydroxylation is 2. The van der Waals surface area contributed by atoms with Crippen molar-refractivity contribution in [3.05, 3.63) is 29.3 Å². The molecule has 1 aromatic carbocycles. The Labute approximate surface area is 147 Å². The van der Waals surface area contributed by atoms with Gasteiger partial charge in [-0.05, 0) is 24.5 Å². The molecule has 2 atom stereocenters. The lowest BCUT2D eigenvalue weighted by atomic mass is 10.0. The molecular weight excluding hydrogens is 344 g/mol. The highest BCUT2D eigenvalue weighted by Crippen LogP contribution is 2.43. The number of rotatable bonds is 3. The van der Waals surface area contributed by atoms with Crippen molar-refractivity contribution in [3.63, 3.8) is 0 Å². The molecule has 24 heavy (non-hydrogen) atoms. The predicted octanol–water partition coefficient (Wildman–Crippen LogP) is 2.57. The van der Waals surface area contributed by atoms with Crippen molar-refractivity contribution in [2.24, 2.45) is 4.99 Å². The predicted molar refractivity (Wildman–Crippen MR) is 99.6 cm³/mol. The summed E-state index contributed by atoms with van der Waals surface area (Å²) in [6.45, 7) is 5.89. The molecule has 0 aromatic heterocycles. The monoisotopic (exact) mass is 366 g/mol. The van der Waals surface area contributed by atoms with E-state index in [1.165, 1.54) is 11.8 Å². The number of hydrogen-bond donors (Lipinski definition) is 0. The molecule has 130 valence electrons. The van der Waals surface area contributed by atoms with E-state index in [-0.39, 0.29) is 28.7 Å². The molecule has 0 aliphatic carbocycles. The quantitative estimate of drug-likeness (QED) is 0.822. The minimum absolute atomic E-state index is 0.0530. The molecule has 1 aromatic rings. The van der Waals surface area contributed by atoms with Gasteiger partial charge in [-0.2, -0.15) is 4.99 Å². The molecule has 2 unspecified atom stereocenters. The standard InChI is InChI=1S/C17H22N2O3S2/c1-4-12-8-6-7-11(3)16(12)19-13-9-24(21,22)10-14(13)23-17(19)18-15(20)5-2/h6-8,13-14H,4-5,9-10H2,1-3H3. The molecule has 7 heteroatoms. The zero-order valence-corrected chi connectivity index (χ0v) is 15.8. The Morgan fingerprint density at radius 2 is 2.08 bits per heavy atom. The molecule has 2 saturated heterocycles. The van der Waals surface area contributed by atoms with Crippen LogP contribution in [0.25, 0.3) is 0 Å². The van der Waals surface area contributed by atoms with Crippen LogP contribution in [0.1, 0.15) is 31.4 Å². The number of benzene rings is 1. The first kappa shape index (κ1) is 17.5. The lowest BCUT2D eigenvalue weighted by molar-refractivity contribution is -0.117. The van der Waals surface area contributed by atoms with E-state index < -0.39 is 9.84 Å². The molecule has 2 aliphatic heterocycles. The van der Waals surface area contributed by atoms with Gasteiger partial charge in [-0.25, -0.2) is 8.42 Å². The van der Waals surface area contributed by atoms with Gasteiger partial charge in [0.05, 0.1) is 17.5 Å². The summed E-state index contributed by atoms with van der Waals surface area (Å²) in [5.74, 6) is 0.115. The maximum Gasteiger partial charge on any atom is 0.247 e. The van der Waals surface area contributed by atoms with Crippen LogP contribution in [-0.2, 0) is 21.1 Å². The first-order chi connectivity index (χ1) is 11.4. The van der Waals surface area contributed by atoms with Crippen LogP contribution in [0.2, 0.25) is 0 Å². The summed E-state index contributed by atoms with van der Waals surface area (Å²) < 4.78 is 24.2. The van der Waals surface area contributed by atoms with Gasteiger partial charge in [-0.15, -0.1) is 0 Å². The average Bonchev–Trinajstić information content (AvgIpc) is 2.98. The summed E-state index contributed by atoms with van der Waals surface area (Å²) in [5, 5.41) is 0.596. The van der Waals surface area contributed by atoms with Crippen LogP contribution >= 0.6 is 11.8 Å². The van der Waals surface area contributed by atoms with Crippen LogP contribution in [0.4, 0.5) is 5.69 Å². The number of nitrogens with zero attached hydrogens (tertiary/aromatic N) is 2. The molecule has 2 aliphatic rings. The second-order valence-electron chi connectivity index (χ2n) is 6.25. The molecule has 0 spiro atoms. The molecule has 0 radical (unpaired) electrons. The summed E-state index contributed by atoms with van der Waals surface area (Å²) in [6.07, 6.45) is 1.19. The number of amides is 1. The smallest absolute Gasteiger partial charge is 0.247 e.